The van der Waals surface area contributed by atoms with E-state index in [1.54, 1.807) is 0 Å². The van der Waals surface area contributed by atoms with E-state index in [4.69, 9.17) is 10.2 Å². The summed E-state index contributed by atoms with van der Waals surface area (Å²) in [5, 5.41) is 17.7. The molecule has 29 heavy (non-hydrogen) atoms. The van der Waals surface area contributed by atoms with Crippen LogP contribution in [-0.2, 0) is 0 Å². The first kappa shape index (κ1) is 24.9. The predicted molar refractivity (Wildman–Crippen MR) is 125 cm³/mol. The molecule has 0 saturated heterocycles. The van der Waals surface area contributed by atoms with Gasteiger partial charge >= 0.3 is 0 Å². The van der Waals surface area contributed by atoms with Gasteiger partial charge < -0.3 is 10.2 Å². The number of unbranched alkanes of at least 4 members (excludes halogenated alkanes) is 14. The maximum absolute atomic E-state index is 8.83. The molecule has 1 saturated carbocycles. The first-order valence-electron chi connectivity index (χ1n) is 13.3. The van der Waals surface area contributed by atoms with Gasteiger partial charge in [-0.05, 0) is 55.8 Å². The molecule has 0 heterocycles. The van der Waals surface area contributed by atoms with E-state index in [1.165, 1.54) is 109 Å². The van der Waals surface area contributed by atoms with Crippen molar-refractivity contribution >= 4 is 0 Å². The fourth-order valence-corrected chi connectivity index (χ4v) is 5.99. The number of aliphatic hydroxyl groups is 2. The molecule has 4 atom stereocenters. The van der Waals surface area contributed by atoms with Crippen LogP contribution in [0.3, 0.4) is 0 Å². The van der Waals surface area contributed by atoms with Crippen molar-refractivity contribution in [3.8, 4) is 0 Å². The first-order valence-corrected chi connectivity index (χ1v) is 13.3. The fraction of sp³-hybridized carbons (Fsp3) is 0.926. The lowest BCUT2D eigenvalue weighted by molar-refractivity contribution is 0.260. The normalized spacial score (nSPS) is 25.3. The Labute approximate surface area is 181 Å². The third kappa shape index (κ3) is 10.0. The highest BCUT2D eigenvalue weighted by Crippen LogP contribution is 2.51. The molecular weight excluding hydrogens is 356 g/mol. The van der Waals surface area contributed by atoms with E-state index < -0.39 is 0 Å². The molecule has 0 aromatic heterocycles. The minimum absolute atomic E-state index is 0.366. The Balaban J connectivity index is 1.49. The standard InChI is InChI=1S/C27H50O2/c28-21-15-11-7-3-1-5-9-13-17-26-24-19-20-25(23-24)27(26)18-14-10-6-2-4-8-12-16-22-29/h19-20,24-29H,1-18,21-23H2. The second kappa shape index (κ2) is 16.4. The van der Waals surface area contributed by atoms with Gasteiger partial charge in [0.15, 0.2) is 0 Å². The molecular formula is C27H50O2. The van der Waals surface area contributed by atoms with E-state index in [2.05, 4.69) is 12.2 Å². The van der Waals surface area contributed by atoms with E-state index >= 15 is 0 Å². The molecule has 2 N–H and O–H groups in total. The average molecular weight is 407 g/mol. The summed E-state index contributed by atoms with van der Waals surface area (Å²) in [6, 6.07) is 0. The van der Waals surface area contributed by atoms with Crippen LogP contribution in [0.5, 0.6) is 0 Å². The Morgan fingerprint density at radius 2 is 0.759 bits per heavy atom. The topological polar surface area (TPSA) is 40.5 Å². The van der Waals surface area contributed by atoms with E-state index in [0.717, 1.165) is 36.5 Å². The van der Waals surface area contributed by atoms with E-state index in [1.807, 2.05) is 0 Å². The number of fused-ring (bicyclic) bond motifs is 2. The van der Waals surface area contributed by atoms with Gasteiger partial charge in [0, 0.05) is 13.2 Å². The number of rotatable bonds is 20. The van der Waals surface area contributed by atoms with Crippen molar-refractivity contribution in [2.24, 2.45) is 23.7 Å². The lowest BCUT2D eigenvalue weighted by Gasteiger charge is -2.28. The Bertz CT molecular complexity index is 369. The summed E-state index contributed by atoms with van der Waals surface area (Å²) >= 11 is 0. The molecule has 2 aliphatic carbocycles. The van der Waals surface area contributed by atoms with Gasteiger partial charge in [0.1, 0.15) is 0 Å². The molecule has 0 aliphatic heterocycles. The SMILES string of the molecule is OCCCCCCCCCCC1C2C=CC(C2)C1CCCCCCCCCCO. The van der Waals surface area contributed by atoms with Crippen LogP contribution >= 0.6 is 0 Å². The lowest BCUT2D eigenvalue weighted by Crippen LogP contribution is -2.19. The van der Waals surface area contributed by atoms with Crippen LogP contribution < -0.4 is 0 Å². The Morgan fingerprint density at radius 3 is 1.10 bits per heavy atom. The van der Waals surface area contributed by atoms with Crippen molar-refractivity contribution in [2.75, 3.05) is 13.2 Å². The largest absolute Gasteiger partial charge is 0.396 e. The van der Waals surface area contributed by atoms with Crippen LogP contribution in [0.4, 0.5) is 0 Å². The summed E-state index contributed by atoms with van der Waals surface area (Å²) in [4.78, 5) is 0. The number of hydrogen-bond acceptors (Lipinski definition) is 2. The molecule has 0 spiro atoms. The molecule has 2 rings (SSSR count). The monoisotopic (exact) mass is 406 g/mol. The van der Waals surface area contributed by atoms with Crippen LogP contribution in [0.25, 0.3) is 0 Å². The van der Waals surface area contributed by atoms with Crippen LogP contribution in [0.15, 0.2) is 12.2 Å². The molecule has 4 unspecified atom stereocenters. The van der Waals surface area contributed by atoms with E-state index in [-0.39, 0.29) is 0 Å². The van der Waals surface area contributed by atoms with Gasteiger partial charge in [0.05, 0.1) is 0 Å². The molecule has 0 amide bonds. The zero-order chi connectivity index (χ0) is 20.6. The highest BCUT2D eigenvalue weighted by molar-refractivity contribution is 5.13. The van der Waals surface area contributed by atoms with Gasteiger partial charge in [-0.3, -0.25) is 0 Å². The zero-order valence-electron chi connectivity index (χ0n) is 19.2. The second-order valence-electron chi connectivity index (χ2n) is 9.96. The Kier molecular flexibility index (Phi) is 14.1. The lowest BCUT2D eigenvalue weighted by atomic mass is 9.77. The van der Waals surface area contributed by atoms with Crippen LogP contribution in [0, 0.1) is 23.7 Å². The van der Waals surface area contributed by atoms with Crippen molar-refractivity contribution in [1.82, 2.24) is 0 Å². The van der Waals surface area contributed by atoms with Crippen LogP contribution in [0.1, 0.15) is 122 Å². The van der Waals surface area contributed by atoms with Crippen LogP contribution in [0.2, 0.25) is 0 Å². The molecule has 2 bridgehead atoms. The van der Waals surface area contributed by atoms with Crippen molar-refractivity contribution in [3.05, 3.63) is 12.2 Å². The minimum Gasteiger partial charge on any atom is -0.396 e. The Hall–Kier alpha value is -0.340. The Morgan fingerprint density at radius 1 is 0.448 bits per heavy atom. The van der Waals surface area contributed by atoms with Gasteiger partial charge in [-0.2, -0.15) is 0 Å². The molecule has 170 valence electrons. The number of allylic oxidation sites excluding steroid dienone is 2. The smallest absolute Gasteiger partial charge is 0.0431 e. The molecule has 1 fully saturated rings. The average Bonchev–Trinajstić information content (AvgIpc) is 3.33. The zero-order valence-corrected chi connectivity index (χ0v) is 19.2. The molecule has 2 aliphatic rings. The van der Waals surface area contributed by atoms with Crippen molar-refractivity contribution in [2.45, 2.75) is 122 Å². The van der Waals surface area contributed by atoms with Crippen molar-refractivity contribution in [1.29, 1.82) is 0 Å². The summed E-state index contributed by atoms with van der Waals surface area (Å²) in [5.41, 5.74) is 0. The highest BCUT2D eigenvalue weighted by Gasteiger charge is 2.43. The summed E-state index contributed by atoms with van der Waals surface area (Å²) in [7, 11) is 0. The van der Waals surface area contributed by atoms with Gasteiger partial charge in [0.2, 0.25) is 0 Å². The van der Waals surface area contributed by atoms with Gasteiger partial charge in [-0.15, -0.1) is 0 Å². The van der Waals surface area contributed by atoms with E-state index in [0.29, 0.717) is 13.2 Å². The minimum atomic E-state index is 0.366. The number of hydrogen-bond donors (Lipinski definition) is 2. The van der Waals surface area contributed by atoms with Crippen LogP contribution in [-0.4, -0.2) is 23.4 Å². The third-order valence-electron chi connectivity index (χ3n) is 7.69. The fourth-order valence-electron chi connectivity index (χ4n) is 5.99. The molecule has 0 radical (unpaired) electrons. The second-order valence-corrected chi connectivity index (χ2v) is 9.96. The maximum Gasteiger partial charge on any atom is 0.0431 e. The summed E-state index contributed by atoms with van der Waals surface area (Å²) < 4.78 is 0. The van der Waals surface area contributed by atoms with E-state index in [9.17, 15) is 0 Å². The quantitative estimate of drug-likeness (QED) is 0.163. The third-order valence-corrected chi connectivity index (χ3v) is 7.69. The molecule has 0 aromatic rings. The molecule has 0 aromatic carbocycles. The summed E-state index contributed by atoms with van der Waals surface area (Å²) in [5.74, 6) is 3.81. The first-order chi connectivity index (χ1) is 14.4. The van der Waals surface area contributed by atoms with Crippen molar-refractivity contribution in [3.63, 3.8) is 0 Å². The van der Waals surface area contributed by atoms with Gasteiger partial charge in [-0.1, -0.05) is 102 Å². The molecule has 2 nitrogen and oxygen atoms in total. The summed E-state index contributed by atoms with van der Waals surface area (Å²) in [6.07, 6.45) is 30.6. The van der Waals surface area contributed by atoms with Gasteiger partial charge in [0.25, 0.3) is 0 Å². The maximum atomic E-state index is 8.83. The molecule has 2 heteroatoms. The van der Waals surface area contributed by atoms with Crippen molar-refractivity contribution < 1.29 is 10.2 Å². The highest BCUT2D eigenvalue weighted by atomic mass is 16.3. The summed E-state index contributed by atoms with van der Waals surface area (Å²) in [6.45, 7) is 0.731. The predicted octanol–water partition coefficient (Wildman–Crippen LogP) is 7.43. The van der Waals surface area contributed by atoms with Gasteiger partial charge in [-0.25, -0.2) is 0 Å². The number of aliphatic hydroxyl groups excluding tert-OH is 2.